The van der Waals surface area contributed by atoms with Crippen LogP contribution in [0, 0.1) is 0 Å². The van der Waals surface area contributed by atoms with Crippen molar-refractivity contribution in [3.63, 3.8) is 0 Å². The predicted molar refractivity (Wildman–Crippen MR) is 149 cm³/mol. The van der Waals surface area contributed by atoms with Gasteiger partial charge in [-0.1, -0.05) is 30.3 Å². The first kappa shape index (κ1) is 26.8. The van der Waals surface area contributed by atoms with E-state index in [0.717, 1.165) is 26.2 Å². The van der Waals surface area contributed by atoms with Gasteiger partial charge in [0.15, 0.2) is 0 Å². The number of para-hydroxylation sites is 2. The lowest BCUT2D eigenvalue weighted by molar-refractivity contribution is -0.0328. The van der Waals surface area contributed by atoms with Crippen molar-refractivity contribution in [1.82, 2.24) is 9.88 Å². The number of alkyl halides is 3. The number of nitrogens with one attached hydrogen (secondary N) is 1. The first-order valence-electron chi connectivity index (χ1n) is 12.6. The summed E-state index contributed by atoms with van der Waals surface area (Å²) in [6.07, 6.45) is 1.52. The highest BCUT2D eigenvalue weighted by Gasteiger charge is 2.29. The number of hydrogen-bond acceptors (Lipinski definition) is 7. The van der Waals surface area contributed by atoms with Gasteiger partial charge in [0.05, 0.1) is 16.8 Å². The van der Waals surface area contributed by atoms with Crippen molar-refractivity contribution in [2.24, 2.45) is 0 Å². The Hall–Kier alpha value is -3.76. The molecule has 202 valence electrons. The van der Waals surface area contributed by atoms with Crippen molar-refractivity contribution in [2.75, 3.05) is 49.5 Å². The highest BCUT2D eigenvalue weighted by atomic mass is 32.2. The summed E-state index contributed by atoms with van der Waals surface area (Å²) in [6, 6.07) is 23.4. The molecule has 1 aliphatic heterocycles. The summed E-state index contributed by atoms with van der Waals surface area (Å²) in [5.74, 6) is -0.441. The van der Waals surface area contributed by atoms with Gasteiger partial charge >= 0.3 is 11.5 Å². The SMILES string of the molecule is O=C(OCCN1CCN(c2ccccc2)CC1)c1ccccc1Nc1ccnc2cc(SC(F)(F)F)ccc12. The molecule has 1 aliphatic rings. The number of hydrogen-bond donors (Lipinski definition) is 1. The van der Waals surface area contributed by atoms with Gasteiger partial charge in [0.25, 0.3) is 0 Å². The van der Waals surface area contributed by atoms with Gasteiger partial charge in [-0.05, 0) is 60.3 Å². The van der Waals surface area contributed by atoms with E-state index in [9.17, 15) is 18.0 Å². The third kappa shape index (κ3) is 7.01. The molecule has 1 saturated heterocycles. The van der Waals surface area contributed by atoms with Crippen LogP contribution in [0.25, 0.3) is 10.9 Å². The number of nitrogens with zero attached hydrogens (tertiary/aromatic N) is 3. The van der Waals surface area contributed by atoms with Gasteiger partial charge < -0.3 is 15.0 Å². The Bertz CT molecular complexity index is 1430. The Morgan fingerprint density at radius 3 is 2.44 bits per heavy atom. The zero-order valence-corrected chi connectivity index (χ0v) is 21.8. The van der Waals surface area contributed by atoms with Crippen LogP contribution in [0.15, 0.2) is 90.0 Å². The number of halogens is 3. The van der Waals surface area contributed by atoms with Crippen LogP contribution in [0.1, 0.15) is 10.4 Å². The van der Waals surface area contributed by atoms with Crippen LogP contribution in [0.2, 0.25) is 0 Å². The lowest BCUT2D eigenvalue weighted by Gasteiger charge is -2.35. The maximum atomic E-state index is 13.0. The molecule has 0 bridgehead atoms. The average Bonchev–Trinajstić information content (AvgIpc) is 2.93. The van der Waals surface area contributed by atoms with Crippen LogP contribution < -0.4 is 10.2 Å². The van der Waals surface area contributed by atoms with Crippen molar-refractivity contribution in [2.45, 2.75) is 10.4 Å². The van der Waals surface area contributed by atoms with Crippen molar-refractivity contribution >= 4 is 45.7 Å². The van der Waals surface area contributed by atoms with Gasteiger partial charge in [0, 0.05) is 60.6 Å². The summed E-state index contributed by atoms with van der Waals surface area (Å²) >= 11 is -0.179. The molecule has 5 rings (SSSR count). The minimum absolute atomic E-state index is 0.0603. The summed E-state index contributed by atoms with van der Waals surface area (Å²) in [6.45, 7) is 4.54. The second-order valence-electron chi connectivity index (χ2n) is 9.06. The van der Waals surface area contributed by atoms with E-state index in [2.05, 4.69) is 32.2 Å². The normalized spacial score (nSPS) is 14.4. The molecular formula is C29H27F3N4O2S. The van der Waals surface area contributed by atoms with Gasteiger partial charge in [0.1, 0.15) is 6.61 Å². The molecule has 3 aromatic carbocycles. The molecule has 0 atom stereocenters. The van der Waals surface area contributed by atoms with E-state index in [1.165, 1.54) is 24.0 Å². The highest BCUT2D eigenvalue weighted by molar-refractivity contribution is 8.00. The van der Waals surface area contributed by atoms with Crippen LogP contribution in [0.3, 0.4) is 0 Å². The van der Waals surface area contributed by atoms with E-state index in [0.29, 0.717) is 34.4 Å². The Labute approximate surface area is 228 Å². The number of piperazine rings is 1. The topological polar surface area (TPSA) is 57.7 Å². The van der Waals surface area contributed by atoms with Crippen LogP contribution in [-0.2, 0) is 4.74 Å². The lowest BCUT2D eigenvalue weighted by atomic mass is 10.1. The van der Waals surface area contributed by atoms with E-state index in [4.69, 9.17) is 4.74 Å². The lowest BCUT2D eigenvalue weighted by Crippen LogP contribution is -2.47. The number of benzene rings is 3. The molecule has 0 radical (unpaired) electrons. The van der Waals surface area contributed by atoms with E-state index < -0.39 is 11.5 Å². The number of pyridine rings is 1. The van der Waals surface area contributed by atoms with E-state index in [1.807, 2.05) is 18.2 Å². The number of thioether (sulfide) groups is 1. The van der Waals surface area contributed by atoms with Crippen molar-refractivity contribution < 1.29 is 22.7 Å². The van der Waals surface area contributed by atoms with Gasteiger partial charge in [0.2, 0.25) is 0 Å². The molecule has 0 aliphatic carbocycles. The molecule has 39 heavy (non-hydrogen) atoms. The number of fused-ring (bicyclic) bond motifs is 1. The number of anilines is 3. The molecular weight excluding hydrogens is 525 g/mol. The molecule has 1 aromatic heterocycles. The van der Waals surface area contributed by atoms with Crippen molar-refractivity contribution in [1.29, 1.82) is 0 Å². The molecule has 0 unspecified atom stereocenters. The van der Waals surface area contributed by atoms with Crippen LogP contribution in [-0.4, -0.2) is 60.7 Å². The molecule has 0 spiro atoms. The average molecular weight is 553 g/mol. The summed E-state index contributed by atoms with van der Waals surface area (Å²) in [5, 5.41) is 3.88. The van der Waals surface area contributed by atoms with Crippen LogP contribution >= 0.6 is 11.8 Å². The fraction of sp³-hybridized carbons (Fsp3) is 0.241. The number of esters is 1. The minimum atomic E-state index is -4.38. The van der Waals surface area contributed by atoms with Crippen molar-refractivity contribution in [3.05, 3.63) is 90.6 Å². The smallest absolute Gasteiger partial charge is 0.446 e. The molecule has 1 N–H and O–H groups in total. The van der Waals surface area contributed by atoms with E-state index in [1.54, 1.807) is 36.4 Å². The number of aromatic nitrogens is 1. The Morgan fingerprint density at radius 2 is 1.67 bits per heavy atom. The first-order valence-corrected chi connectivity index (χ1v) is 13.4. The predicted octanol–water partition coefficient (Wildman–Crippen LogP) is 6.57. The molecule has 10 heteroatoms. The van der Waals surface area contributed by atoms with Gasteiger partial charge in [-0.25, -0.2) is 4.79 Å². The van der Waals surface area contributed by atoms with Crippen LogP contribution in [0.5, 0.6) is 0 Å². The minimum Gasteiger partial charge on any atom is -0.461 e. The zero-order valence-electron chi connectivity index (χ0n) is 21.0. The third-order valence-corrected chi connectivity index (χ3v) is 7.22. The summed E-state index contributed by atoms with van der Waals surface area (Å²) in [4.78, 5) is 21.9. The maximum absolute atomic E-state index is 13.0. The Morgan fingerprint density at radius 1 is 0.923 bits per heavy atom. The second-order valence-corrected chi connectivity index (χ2v) is 10.2. The van der Waals surface area contributed by atoms with Gasteiger partial charge in [-0.2, -0.15) is 13.2 Å². The fourth-order valence-electron chi connectivity index (χ4n) is 4.56. The van der Waals surface area contributed by atoms with E-state index >= 15 is 0 Å². The molecule has 0 amide bonds. The molecule has 1 fully saturated rings. The highest BCUT2D eigenvalue weighted by Crippen LogP contribution is 2.38. The molecule has 0 saturated carbocycles. The van der Waals surface area contributed by atoms with Crippen LogP contribution in [0.4, 0.5) is 30.2 Å². The maximum Gasteiger partial charge on any atom is 0.446 e. The largest absolute Gasteiger partial charge is 0.461 e. The second kappa shape index (κ2) is 12.0. The molecule has 2 heterocycles. The number of carbonyl (C=O) groups is 1. The van der Waals surface area contributed by atoms with Crippen molar-refractivity contribution in [3.8, 4) is 0 Å². The number of rotatable bonds is 8. The van der Waals surface area contributed by atoms with E-state index in [-0.39, 0.29) is 23.3 Å². The number of carbonyl (C=O) groups excluding carboxylic acids is 1. The quantitative estimate of drug-likeness (QED) is 0.196. The summed E-state index contributed by atoms with van der Waals surface area (Å²) in [7, 11) is 0. The van der Waals surface area contributed by atoms with Gasteiger partial charge in [-0.15, -0.1) is 0 Å². The summed E-state index contributed by atoms with van der Waals surface area (Å²) in [5.41, 5.74) is -1.20. The molecule has 6 nitrogen and oxygen atoms in total. The number of ether oxygens (including phenoxy) is 1. The Kier molecular flexibility index (Phi) is 8.23. The molecule has 4 aromatic rings. The van der Waals surface area contributed by atoms with Gasteiger partial charge in [-0.3, -0.25) is 9.88 Å². The zero-order chi connectivity index (χ0) is 27.2. The third-order valence-electron chi connectivity index (χ3n) is 6.50. The fourth-order valence-corrected chi connectivity index (χ4v) is 5.14. The Balaban J connectivity index is 1.19. The first-order chi connectivity index (χ1) is 18.9. The summed E-state index contributed by atoms with van der Waals surface area (Å²) < 4.78 is 44.0. The standard InChI is InChI=1S/C29H27F3N4O2S/c30-29(31,32)39-22-10-11-23-26(12-13-33-27(23)20-22)34-25-9-5-4-8-24(25)28(37)38-19-18-35-14-16-36(17-15-35)21-6-2-1-3-7-21/h1-13,20H,14-19H2,(H,33,34). The monoisotopic (exact) mass is 552 g/mol.